The average molecular weight is 596 g/mol. The highest BCUT2D eigenvalue weighted by Gasteiger charge is 2.48. The minimum Gasteiger partial charge on any atom is -0.391 e. The largest absolute Gasteiger partial charge is 0.534 e. The van der Waals surface area contributed by atoms with Crippen LogP contribution in [0, 0.1) is 11.8 Å². The zero-order valence-corrected chi connectivity index (χ0v) is 23.5. The minimum atomic E-state index is -5.84. The van der Waals surface area contributed by atoms with Crippen LogP contribution in [0.2, 0.25) is 0 Å². The van der Waals surface area contributed by atoms with E-state index < -0.39 is 45.3 Å². The standard InChI is InChI=1S/C28H32F3N3O6S/c1-17(2)12-20(26(36)32-3)15-25(35)24(34-27(37)21-14-19-6-4-5-7-23(19)33-16-21)13-18-8-10-22(11-9-18)40-41(38,39)28(29,30)31/h4-11,14,16-17,20,24-25,35H,12-13,15H2,1-3H3,(H,32,36)(H,34,37)/t20-,24+,25+/m1/s1. The van der Waals surface area contributed by atoms with E-state index in [-0.39, 0.29) is 30.2 Å². The number of amides is 2. The highest BCUT2D eigenvalue weighted by molar-refractivity contribution is 7.88. The number of aromatic nitrogens is 1. The van der Waals surface area contributed by atoms with Crippen molar-refractivity contribution in [2.24, 2.45) is 11.8 Å². The van der Waals surface area contributed by atoms with E-state index in [1.54, 1.807) is 24.3 Å². The van der Waals surface area contributed by atoms with Gasteiger partial charge in [-0.2, -0.15) is 21.6 Å². The van der Waals surface area contributed by atoms with E-state index in [2.05, 4.69) is 19.8 Å². The molecule has 0 bridgehead atoms. The number of fused-ring (bicyclic) bond motifs is 1. The van der Waals surface area contributed by atoms with Crippen molar-refractivity contribution in [3.63, 3.8) is 0 Å². The number of pyridine rings is 1. The number of benzene rings is 2. The third-order valence-electron chi connectivity index (χ3n) is 6.40. The van der Waals surface area contributed by atoms with Crippen LogP contribution < -0.4 is 14.8 Å². The van der Waals surface area contributed by atoms with Crippen molar-refractivity contribution in [2.45, 2.75) is 50.8 Å². The first-order valence-corrected chi connectivity index (χ1v) is 14.3. The molecule has 0 saturated carbocycles. The monoisotopic (exact) mass is 595 g/mol. The second-order valence-corrected chi connectivity index (χ2v) is 11.6. The van der Waals surface area contributed by atoms with Crippen LogP contribution >= 0.6 is 0 Å². The molecule has 2 amide bonds. The SMILES string of the molecule is CNC(=O)[C@H](CC(C)C)C[C@H](O)[C@H](Cc1ccc(OS(=O)(=O)C(F)(F)F)cc1)NC(=O)c1cnc2ccccc2c1. The fraction of sp³-hybridized carbons (Fsp3) is 0.393. The van der Waals surface area contributed by atoms with Gasteiger partial charge in [-0.3, -0.25) is 14.6 Å². The topological polar surface area (TPSA) is 135 Å². The summed E-state index contributed by atoms with van der Waals surface area (Å²) in [6, 6.07) is 12.7. The molecule has 3 atom stereocenters. The number of para-hydroxylation sites is 1. The second-order valence-electron chi connectivity index (χ2n) is 10.1. The molecule has 1 aromatic heterocycles. The Balaban J connectivity index is 1.85. The summed E-state index contributed by atoms with van der Waals surface area (Å²) in [4.78, 5) is 30.0. The number of rotatable bonds is 12. The van der Waals surface area contributed by atoms with Gasteiger partial charge < -0.3 is 19.9 Å². The summed E-state index contributed by atoms with van der Waals surface area (Å²) in [7, 11) is -4.34. The number of carbonyl (C=O) groups is 2. The van der Waals surface area contributed by atoms with E-state index >= 15 is 0 Å². The molecule has 2 aromatic carbocycles. The smallest absolute Gasteiger partial charge is 0.391 e. The lowest BCUT2D eigenvalue weighted by Gasteiger charge is -2.28. The lowest BCUT2D eigenvalue weighted by atomic mass is 9.87. The Labute approximate surface area is 236 Å². The lowest BCUT2D eigenvalue weighted by Crippen LogP contribution is -2.46. The molecule has 9 nitrogen and oxygen atoms in total. The predicted molar refractivity (Wildman–Crippen MR) is 146 cm³/mol. The average Bonchev–Trinajstić information content (AvgIpc) is 2.91. The van der Waals surface area contributed by atoms with Crippen molar-refractivity contribution in [1.29, 1.82) is 0 Å². The number of nitrogens with zero attached hydrogens (tertiary/aromatic N) is 1. The van der Waals surface area contributed by atoms with Gasteiger partial charge in [0.2, 0.25) is 5.91 Å². The van der Waals surface area contributed by atoms with Crippen LogP contribution in [0.4, 0.5) is 13.2 Å². The van der Waals surface area contributed by atoms with Crippen LogP contribution in [0.3, 0.4) is 0 Å². The van der Waals surface area contributed by atoms with Gasteiger partial charge in [-0.15, -0.1) is 0 Å². The molecule has 0 spiro atoms. The van der Waals surface area contributed by atoms with Crippen LogP contribution in [-0.4, -0.2) is 55.0 Å². The van der Waals surface area contributed by atoms with Gasteiger partial charge >= 0.3 is 15.6 Å². The van der Waals surface area contributed by atoms with Gasteiger partial charge in [-0.1, -0.05) is 44.2 Å². The molecule has 3 rings (SSSR count). The molecule has 0 aliphatic carbocycles. The van der Waals surface area contributed by atoms with Crippen LogP contribution in [0.1, 0.15) is 42.6 Å². The summed E-state index contributed by atoms with van der Waals surface area (Å²) in [6.07, 6.45) is 0.758. The van der Waals surface area contributed by atoms with Crippen molar-refractivity contribution in [2.75, 3.05) is 7.05 Å². The van der Waals surface area contributed by atoms with Gasteiger partial charge in [0, 0.05) is 24.5 Å². The van der Waals surface area contributed by atoms with Crippen LogP contribution in [0.15, 0.2) is 60.8 Å². The van der Waals surface area contributed by atoms with Gasteiger partial charge in [-0.25, -0.2) is 0 Å². The Kier molecular flexibility index (Phi) is 10.3. The third-order valence-corrected chi connectivity index (χ3v) is 7.38. The van der Waals surface area contributed by atoms with E-state index in [4.69, 9.17) is 0 Å². The highest BCUT2D eigenvalue weighted by atomic mass is 32.2. The maximum Gasteiger partial charge on any atom is 0.534 e. The van der Waals surface area contributed by atoms with E-state index in [0.29, 0.717) is 17.5 Å². The van der Waals surface area contributed by atoms with Crippen LogP contribution in [0.5, 0.6) is 5.75 Å². The fourth-order valence-corrected chi connectivity index (χ4v) is 4.84. The fourth-order valence-electron chi connectivity index (χ4n) is 4.38. The van der Waals surface area contributed by atoms with Crippen LogP contribution in [-0.2, 0) is 21.3 Å². The Hall–Kier alpha value is -3.71. The van der Waals surface area contributed by atoms with E-state index in [9.17, 15) is 36.3 Å². The van der Waals surface area contributed by atoms with Crippen LogP contribution in [0.25, 0.3) is 10.9 Å². The molecule has 13 heteroatoms. The van der Waals surface area contributed by atoms with Gasteiger partial charge in [0.25, 0.3) is 5.91 Å². The molecule has 222 valence electrons. The maximum absolute atomic E-state index is 13.2. The number of carbonyl (C=O) groups excluding carboxylic acids is 2. The molecule has 0 aliphatic rings. The first-order chi connectivity index (χ1) is 19.2. The van der Waals surface area contributed by atoms with Gasteiger partial charge in [0.05, 0.1) is 23.2 Å². The Morgan fingerprint density at radius 3 is 2.32 bits per heavy atom. The molecule has 41 heavy (non-hydrogen) atoms. The summed E-state index contributed by atoms with van der Waals surface area (Å²) in [6.45, 7) is 3.88. The van der Waals surface area contributed by atoms with E-state index in [0.717, 1.165) is 17.5 Å². The van der Waals surface area contributed by atoms with Crippen molar-refractivity contribution < 1.29 is 40.5 Å². The van der Waals surface area contributed by atoms with Gasteiger partial charge in [-0.05, 0) is 55.0 Å². The minimum absolute atomic E-state index is 0.0162. The normalized spacial score (nSPS) is 14.3. The molecular formula is C28H32F3N3O6S. The molecule has 3 aromatic rings. The molecule has 0 aliphatic heterocycles. The molecular weight excluding hydrogens is 563 g/mol. The molecule has 0 unspecified atom stereocenters. The molecule has 0 saturated heterocycles. The third kappa shape index (κ3) is 8.64. The van der Waals surface area contributed by atoms with Crippen molar-refractivity contribution in [1.82, 2.24) is 15.6 Å². The van der Waals surface area contributed by atoms with Crippen molar-refractivity contribution in [3.05, 3.63) is 71.9 Å². The summed E-state index contributed by atoms with van der Waals surface area (Å²) in [5.41, 5.74) is -4.19. The lowest BCUT2D eigenvalue weighted by molar-refractivity contribution is -0.126. The van der Waals surface area contributed by atoms with Crippen molar-refractivity contribution >= 4 is 32.8 Å². The highest BCUT2D eigenvalue weighted by Crippen LogP contribution is 2.27. The number of alkyl halides is 3. The summed E-state index contributed by atoms with van der Waals surface area (Å²) < 4.78 is 64.7. The van der Waals surface area contributed by atoms with E-state index in [1.807, 2.05) is 19.9 Å². The second kappa shape index (κ2) is 13.3. The maximum atomic E-state index is 13.2. The van der Waals surface area contributed by atoms with E-state index in [1.165, 1.54) is 25.4 Å². The summed E-state index contributed by atoms with van der Waals surface area (Å²) in [5.74, 6) is -1.72. The quantitative estimate of drug-likeness (QED) is 0.213. The summed E-state index contributed by atoms with van der Waals surface area (Å²) >= 11 is 0. The summed E-state index contributed by atoms with van der Waals surface area (Å²) in [5, 5.41) is 17.4. The Morgan fingerprint density at radius 2 is 1.71 bits per heavy atom. The predicted octanol–water partition coefficient (Wildman–Crippen LogP) is 3.96. The van der Waals surface area contributed by atoms with Crippen molar-refractivity contribution in [3.8, 4) is 5.75 Å². The van der Waals surface area contributed by atoms with Gasteiger partial charge in [0.1, 0.15) is 5.75 Å². The number of aliphatic hydroxyl groups excluding tert-OH is 1. The molecule has 3 N–H and O–H groups in total. The zero-order chi connectivity index (χ0) is 30.4. The molecule has 1 heterocycles. The van der Waals surface area contributed by atoms with Gasteiger partial charge in [0.15, 0.2) is 0 Å². The molecule has 0 radical (unpaired) electrons. The Bertz CT molecular complexity index is 1460. The number of nitrogens with one attached hydrogen (secondary N) is 2. The zero-order valence-electron chi connectivity index (χ0n) is 22.7. The number of halogens is 3. The number of aliphatic hydroxyl groups is 1. The molecule has 0 fully saturated rings. The Morgan fingerprint density at radius 1 is 1.05 bits per heavy atom. The number of hydrogen-bond acceptors (Lipinski definition) is 7. The first kappa shape index (κ1) is 31.8. The first-order valence-electron chi connectivity index (χ1n) is 12.8. The number of hydrogen-bond donors (Lipinski definition) is 3.